The molecule has 3 nitrogen and oxygen atoms in total. The van der Waals surface area contributed by atoms with Gasteiger partial charge >= 0.3 is 0 Å². The highest BCUT2D eigenvalue weighted by Crippen LogP contribution is 2.22. The molecule has 24 heavy (non-hydrogen) atoms. The highest BCUT2D eigenvalue weighted by atomic mass is 16.1. The molecule has 1 aromatic heterocycles. The molecule has 0 aliphatic carbocycles. The van der Waals surface area contributed by atoms with E-state index in [1.807, 2.05) is 35.2 Å². The maximum Gasteiger partial charge on any atom is 0.290 e. The van der Waals surface area contributed by atoms with Crippen molar-refractivity contribution in [1.82, 2.24) is 0 Å². The summed E-state index contributed by atoms with van der Waals surface area (Å²) in [7, 11) is 0. The lowest BCUT2D eigenvalue weighted by Gasteiger charge is -2.13. The van der Waals surface area contributed by atoms with Gasteiger partial charge in [-0.25, -0.2) is 0 Å². The number of rotatable bonds is 5. The molecule has 0 saturated carbocycles. The van der Waals surface area contributed by atoms with Crippen molar-refractivity contribution in [3.8, 4) is 0 Å². The second-order valence-electron chi connectivity index (χ2n) is 5.95. The van der Waals surface area contributed by atoms with Crippen LogP contribution in [0.2, 0.25) is 0 Å². The molecule has 0 unspecified atom stereocenters. The summed E-state index contributed by atoms with van der Waals surface area (Å²) < 4.78 is 1.93. The van der Waals surface area contributed by atoms with Crippen LogP contribution in [-0.2, 0) is 24.2 Å². The van der Waals surface area contributed by atoms with E-state index in [0.717, 1.165) is 23.9 Å². The normalized spacial score (nSPS) is 10.8. The van der Waals surface area contributed by atoms with Crippen molar-refractivity contribution in [2.45, 2.75) is 33.2 Å². The molecule has 0 aliphatic rings. The van der Waals surface area contributed by atoms with Crippen LogP contribution in [0.5, 0.6) is 0 Å². The molecule has 0 radical (unpaired) electrons. The number of fused-ring (bicyclic) bond motifs is 1. The zero-order chi connectivity index (χ0) is 16.9. The average molecular weight is 319 g/mol. The molecule has 3 rings (SSSR count). The molecule has 0 spiro atoms. The second kappa shape index (κ2) is 7.26. The Morgan fingerprint density at radius 3 is 2.25 bits per heavy atom. The van der Waals surface area contributed by atoms with Gasteiger partial charge in [0.25, 0.3) is 5.91 Å². The lowest BCUT2D eigenvalue weighted by atomic mass is 10.0. The summed E-state index contributed by atoms with van der Waals surface area (Å²) in [6, 6.07) is 16.4. The minimum Gasteiger partial charge on any atom is -0.320 e. The number of hydrogen-bond donors (Lipinski definition) is 1. The van der Waals surface area contributed by atoms with Crippen molar-refractivity contribution >= 4 is 22.4 Å². The Balaban J connectivity index is 1.80. The van der Waals surface area contributed by atoms with Crippen molar-refractivity contribution in [2.24, 2.45) is 0 Å². The highest BCUT2D eigenvalue weighted by Gasteiger charge is 2.14. The Morgan fingerprint density at radius 1 is 0.917 bits per heavy atom. The first kappa shape index (κ1) is 16.2. The minimum atomic E-state index is 0.00545. The van der Waals surface area contributed by atoms with Crippen LogP contribution in [-0.4, -0.2) is 5.91 Å². The van der Waals surface area contributed by atoms with Crippen molar-refractivity contribution < 1.29 is 9.36 Å². The Bertz CT molecular complexity index is 848. The zero-order valence-electron chi connectivity index (χ0n) is 14.3. The second-order valence-corrected chi connectivity index (χ2v) is 5.95. The molecular weight excluding hydrogens is 296 g/mol. The summed E-state index contributed by atoms with van der Waals surface area (Å²) in [5, 5.41) is 5.43. The lowest BCUT2D eigenvalue weighted by Crippen LogP contribution is -2.39. The van der Waals surface area contributed by atoms with Crippen LogP contribution >= 0.6 is 0 Å². The topological polar surface area (TPSA) is 33.0 Å². The first-order valence-corrected chi connectivity index (χ1v) is 8.49. The molecule has 3 aromatic rings. The number of amides is 1. The van der Waals surface area contributed by atoms with E-state index < -0.39 is 0 Å². The van der Waals surface area contributed by atoms with Gasteiger partial charge < -0.3 is 5.32 Å². The van der Waals surface area contributed by atoms with Gasteiger partial charge in [-0.05, 0) is 35.4 Å². The van der Waals surface area contributed by atoms with E-state index in [2.05, 4.69) is 49.5 Å². The average Bonchev–Trinajstić information content (AvgIpc) is 2.61. The van der Waals surface area contributed by atoms with Gasteiger partial charge in [-0.15, -0.1) is 0 Å². The number of pyridine rings is 1. The van der Waals surface area contributed by atoms with Crippen molar-refractivity contribution in [1.29, 1.82) is 0 Å². The molecule has 0 saturated heterocycles. The minimum absolute atomic E-state index is 0.00545. The number of carbonyl (C=O) groups is 1. The van der Waals surface area contributed by atoms with E-state index in [0.29, 0.717) is 6.54 Å². The smallest absolute Gasteiger partial charge is 0.290 e. The summed E-state index contributed by atoms with van der Waals surface area (Å²) in [5.41, 5.74) is 3.35. The van der Waals surface area contributed by atoms with Crippen LogP contribution in [0.3, 0.4) is 0 Å². The molecule has 1 amide bonds. The molecule has 3 heteroatoms. The van der Waals surface area contributed by atoms with Crippen LogP contribution in [0.4, 0.5) is 5.69 Å². The Kier molecular flexibility index (Phi) is 4.90. The van der Waals surface area contributed by atoms with E-state index in [1.165, 1.54) is 16.5 Å². The van der Waals surface area contributed by atoms with Gasteiger partial charge in [0.05, 0.1) is 0 Å². The van der Waals surface area contributed by atoms with E-state index in [-0.39, 0.29) is 5.91 Å². The number of anilines is 1. The maximum atomic E-state index is 12.5. The first-order valence-electron chi connectivity index (χ1n) is 8.49. The third-order valence-electron chi connectivity index (χ3n) is 4.34. The summed E-state index contributed by atoms with van der Waals surface area (Å²) in [6.07, 6.45) is 5.79. The molecule has 0 atom stereocenters. The fraction of sp³-hybridized carbons (Fsp3) is 0.238. The van der Waals surface area contributed by atoms with Gasteiger partial charge in [-0.3, -0.25) is 4.79 Å². The fourth-order valence-corrected chi connectivity index (χ4v) is 3.02. The molecule has 122 valence electrons. The van der Waals surface area contributed by atoms with E-state index in [9.17, 15) is 4.79 Å². The van der Waals surface area contributed by atoms with Crippen LogP contribution < -0.4 is 9.88 Å². The van der Waals surface area contributed by atoms with E-state index in [4.69, 9.17) is 0 Å². The number of aromatic nitrogens is 1. The molecule has 1 N–H and O–H groups in total. The maximum absolute atomic E-state index is 12.5. The quantitative estimate of drug-likeness (QED) is 0.711. The lowest BCUT2D eigenvalue weighted by molar-refractivity contribution is -0.682. The predicted molar refractivity (Wildman–Crippen MR) is 98.0 cm³/mol. The summed E-state index contributed by atoms with van der Waals surface area (Å²) in [6.45, 7) is 4.54. The van der Waals surface area contributed by atoms with Crippen molar-refractivity contribution in [3.63, 3.8) is 0 Å². The number of hydrogen-bond acceptors (Lipinski definition) is 1. The summed E-state index contributed by atoms with van der Waals surface area (Å²) in [5.74, 6) is 0.00545. The van der Waals surface area contributed by atoms with Crippen LogP contribution in [0.15, 0.2) is 60.9 Å². The number of para-hydroxylation sites is 1. The largest absolute Gasteiger partial charge is 0.320 e. The molecule has 0 bridgehead atoms. The number of aryl methyl sites for hydroxylation is 2. The van der Waals surface area contributed by atoms with Gasteiger partial charge in [-0.2, -0.15) is 4.57 Å². The van der Waals surface area contributed by atoms with E-state index in [1.54, 1.807) is 0 Å². The Hall–Kier alpha value is -2.68. The number of carbonyl (C=O) groups excluding carboxylic acids is 1. The Labute approximate surface area is 143 Å². The predicted octanol–water partition coefficient (Wildman–Crippen LogP) is 3.89. The van der Waals surface area contributed by atoms with Gasteiger partial charge in [0.2, 0.25) is 6.54 Å². The third-order valence-corrected chi connectivity index (χ3v) is 4.34. The molecular formula is C21H23N2O+. The van der Waals surface area contributed by atoms with Gasteiger partial charge in [0, 0.05) is 17.1 Å². The molecule has 0 fully saturated rings. The monoisotopic (exact) mass is 319 g/mol. The fourth-order valence-electron chi connectivity index (χ4n) is 3.02. The van der Waals surface area contributed by atoms with Gasteiger partial charge in [0.1, 0.15) is 0 Å². The SMILES string of the molecule is CCc1cccc(CC)c1NC(=O)C[n+]1ccc2ccccc2c1. The van der Waals surface area contributed by atoms with Crippen LogP contribution in [0.25, 0.3) is 10.8 Å². The summed E-state index contributed by atoms with van der Waals surface area (Å²) in [4.78, 5) is 12.5. The third kappa shape index (κ3) is 3.46. The van der Waals surface area contributed by atoms with E-state index >= 15 is 0 Å². The van der Waals surface area contributed by atoms with Crippen LogP contribution in [0, 0.1) is 0 Å². The first-order chi connectivity index (χ1) is 11.7. The number of benzene rings is 2. The zero-order valence-corrected chi connectivity index (χ0v) is 14.3. The van der Waals surface area contributed by atoms with Crippen molar-refractivity contribution in [3.05, 3.63) is 72.1 Å². The summed E-state index contributed by atoms with van der Waals surface area (Å²) >= 11 is 0. The molecule has 0 aliphatic heterocycles. The van der Waals surface area contributed by atoms with Crippen LogP contribution in [0.1, 0.15) is 25.0 Å². The highest BCUT2D eigenvalue weighted by molar-refractivity contribution is 5.91. The molecule has 1 heterocycles. The number of nitrogens with one attached hydrogen (secondary N) is 1. The molecule has 2 aromatic carbocycles. The van der Waals surface area contributed by atoms with Gasteiger partial charge in [0.15, 0.2) is 12.4 Å². The standard InChI is InChI=1S/C21H22N2O/c1-3-16-10-7-11-17(4-2)21(16)22-20(24)15-23-13-12-18-8-5-6-9-19(18)14-23/h5-14H,3-4,15H2,1-2H3/p+1. The van der Waals surface area contributed by atoms with Gasteiger partial charge in [-0.1, -0.05) is 50.2 Å². The number of nitrogens with zero attached hydrogens (tertiary/aromatic N) is 1. The van der Waals surface area contributed by atoms with Crippen molar-refractivity contribution in [2.75, 3.05) is 5.32 Å². The Morgan fingerprint density at radius 2 is 1.58 bits per heavy atom.